The van der Waals surface area contributed by atoms with E-state index in [0.717, 1.165) is 11.3 Å². The van der Waals surface area contributed by atoms with Crippen molar-refractivity contribution in [2.45, 2.75) is 13.8 Å². The van der Waals surface area contributed by atoms with Crippen LogP contribution in [0.15, 0.2) is 24.4 Å². The van der Waals surface area contributed by atoms with Crippen molar-refractivity contribution in [1.82, 2.24) is 24.8 Å². The number of aryl methyl sites for hydroxylation is 2. The van der Waals surface area contributed by atoms with E-state index < -0.39 is 5.97 Å². The summed E-state index contributed by atoms with van der Waals surface area (Å²) in [5.41, 5.74) is 3.02. The Morgan fingerprint density at radius 2 is 1.95 bits per heavy atom. The summed E-state index contributed by atoms with van der Waals surface area (Å²) >= 11 is 0. The Bertz CT molecular complexity index is 825. The molecule has 0 radical (unpaired) electrons. The Hall–Kier alpha value is -2.83. The minimum absolute atomic E-state index is 0.176. The highest BCUT2D eigenvalue weighted by Gasteiger charge is 2.14. The lowest BCUT2D eigenvalue weighted by atomic mass is 10.2. The zero-order valence-electron chi connectivity index (χ0n) is 10.9. The molecular weight excluding hydrogens is 258 g/mol. The molecule has 3 rings (SSSR count). The second kappa shape index (κ2) is 4.37. The molecule has 3 aromatic heterocycles. The first-order chi connectivity index (χ1) is 9.56. The summed E-state index contributed by atoms with van der Waals surface area (Å²) in [7, 11) is 0. The van der Waals surface area contributed by atoms with Gasteiger partial charge in [0.1, 0.15) is 0 Å². The van der Waals surface area contributed by atoms with Crippen LogP contribution in [0.5, 0.6) is 0 Å². The number of hydrogen-bond donors (Lipinski definition) is 1. The summed E-state index contributed by atoms with van der Waals surface area (Å²) in [6, 6.07) is 4.97. The van der Waals surface area contributed by atoms with Crippen LogP contribution in [0.25, 0.3) is 17.0 Å². The number of carboxylic acids is 1. The van der Waals surface area contributed by atoms with E-state index in [1.165, 1.54) is 12.3 Å². The third kappa shape index (κ3) is 1.89. The fraction of sp³-hybridized carbons (Fsp3) is 0.154. The number of aromatic carboxylic acids is 1. The smallest absolute Gasteiger partial charge is 0.337 e. The van der Waals surface area contributed by atoms with Gasteiger partial charge in [0.05, 0.1) is 17.0 Å². The van der Waals surface area contributed by atoms with Crippen LogP contribution in [-0.4, -0.2) is 35.9 Å². The van der Waals surface area contributed by atoms with Crippen molar-refractivity contribution < 1.29 is 9.90 Å². The summed E-state index contributed by atoms with van der Waals surface area (Å²) in [6.07, 6.45) is 1.50. The molecule has 0 amide bonds. The summed E-state index contributed by atoms with van der Waals surface area (Å²) in [4.78, 5) is 11.1. The molecule has 3 aromatic rings. The Morgan fingerprint density at radius 1 is 1.15 bits per heavy atom. The van der Waals surface area contributed by atoms with Crippen LogP contribution in [0.2, 0.25) is 0 Å². The molecule has 0 aliphatic carbocycles. The van der Waals surface area contributed by atoms with Crippen molar-refractivity contribution in [2.24, 2.45) is 0 Å². The normalized spacial score (nSPS) is 10.9. The highest BCUT2D eigenvalue weighted by Crippen LogP contribution is 2.21. The molecule has 0 unspecified atom stereocenters. The van der Waals surface area contributed by atoms with E-state index in [9.17, 15) is 4.79 Å². The van der Waals surface area contributed by atoms with Crippen molar-refractivity contribution in [3.63, 3.8) is 0 Å². The highest BCUT2D eigenvalue weighted by atomic mass is 16.4. The van der Waals surface area contributed by atoms with E-state index in [0.29, 0.717) is 17.2 Å². The third-order valence-electron chi connectivity index (χ3n) is 2.99. The van der Waals surface area contributed by atoms with Crippen LogP contribution in [0.1, 0.15) is 21.7 Å². The first-order valence-electron chi connectivity index (χ1n) is 5.95. The molecule has 0 spiro atoms. The zero-order valence-corrected chi connectivity index (χ0v) is 10.9. The van der Waals surface area contributed by atoms with Crippen LogP contribution in [0.4, 0.5) is 0 Å². The number of fused-ring (bicyclic) bond motifs is 1. The Labute approximate surface area is 113 Å². The number of pyridine rings is 1. The molecule has 7 heteroatoms. The first kappa shape index (κ1) is 12.2. The molecule has 0 bridgehead atoms. The lowest BCUT2D eigenvalue weighted by Gasteiger charge is -2.04. The molecule has 1 N–H and O–H groups in total. The average molecular weight is 269 g/mol. The molecule has 0 aliphatic heterocycles. The maximum Gasteiger partial charge on any atom is 0.337 e. The molecule has 7 nitrogen and oxygen atoms in total. The Morgan fingerprint density at radius 3 is 2.70 bits per heavy atom. The van der Waals surface area contributed by atoms with E-state index >= 15 is 0 Å². The van der Waals surface area contributed by atoms with Crippen LogP contribution < -0.4 is 0 Å². The number of carbonyl (C=O) groups is 1. The van der Waals surface area contributed by atoms with E-state index in [1.54, 1.807) is 10.5 Å². The quantitative estimate of drug-likeness (QED) is 0.757. The van der Waals surface area contributed by atoms with Gasteiger partial charge in [-0.25, -0.2) is 4.79 Å². The van der Waals surface area contributed by atoms with E-state index in [1.807, 2.05) is 19.9 Å². The van der Waals surface area contributed by atoms with Gasteiger partial charge < -0.3 is 5.11 Å². The van der Waals surface area contributed by atoms with Gasteiger partial charge in [-0.2, -0.15) is 10.2 Å². The number of hydrogen-bond acceptors (Lipinski definition) is 5. The second-order valence-corrected chi connectivity index (χ2v) is 4.46. The molecule has 20 heavy (non-hydrogen) atoms. The van der Waals surface area contributed by atoms with Gasteiger partial charge in [0.2, 0.25) is 0 Å². The minimum Gasteiger partial charge on any atom is -0.478 e. The van der Waals surface area contributed by atoms with Crippen LogP contribution in [0, 0.1) is 13.8 Å². The topological polar surface area (TPSA) is 93.3 Å². The predicted molar refractivity (Wildman–Crippen MR) is 70.4 cm³/mol. The van der Waals surface area contributed by atoms with Gasteiger partial charge in [-0.05, 0) is 32.0 Å². The Kier molecular flexibility index (Phi) is 2.67. The molecule has 0 aliphatic rings. The second-order valence-electron chi connectivity index (χ2n) is 4.46. The summed E-state index contributed by atoms with van der Waals surface area (Å²) in [6.45, 7) is 3.66. The predicted octanol–water partition coefficient (Wildman–Crippen LogP) is 1.50. The van der Waals surface area contributed by atoms with Crippen LogP contribution in [-0.2, 0) is 0 Å². The standard InChI is InChI=1S/C13H11N5O2/c1-7-5-10(8(2)15-14-7)12-17-16-11-4-3-9(13(19)20)6-18(11)12/h3-6H,1-2H3,(H,19,20). The van der Waals surface area contributed by atoms with Gasteiger partial charge in [0.25, 0.3) is 0 Å². The number of aromatic nitrogens is 5. The minimum atomic E-state index is -0.993. The highest BCUT2D eigenvalue weighted by molar-refractivity contribution is 5.87. The molecule has 0 atom stereocenters. The van der Waals surface area contributed by atoms with E-state index in [4.69, 9.17) is 5.11 Å². The maximum atomic E-state index is 11.1. The third-order valence-corrected chi connectivity index (χ3v) is 2.99. The van der Waals surface area contributed by atoms with Crippen molar-refractivity contribution in [2.75, 3.05) is 0 Å². The SMILES string of the molecule is Cc1cc(-c2nnc3ccc(C(=O)O)cn23)c(C)nn1. The van der Waals surface area contributed by atoms with Gasteiger partial charge in [-0.3, -0.25) is 4.40 Å². The summed E-state index contributed by atoms with van der Waals surface area (Å²) < 4.78 is 1.65. The van der Waals surface area contributed by atoms with E-state index in [-0.39, 0.29) is 5.56 Å². The van der Waals surface area contributed by atoms with Gasteiger partial charge in [0.15, 0.2) is 11.5 Å². The zero-order chi connectivity index (χ0) is 14.3. The molecular formula is C13H11N5O2. The van der Waals surface area contributed by atoms with Crippen LogP contribution in [0.3, 0.4) is 0 Å². The molecule has 100 valence electrons. The lowest BCUT2D eigenvalue weighted by molar-refractivity contribution is 0.0696. The molecule has 0 saturated carbocycles. The molecule has 0 saturated heterocycles. The number of carboxylic acid groups (broad SMARTS) is 1. The van der Waals surface area contributed by atoms with Crippen molar-refractivity contribution in [3.8, 4) is 11.4 Å². The summed E-state index contributed by atoms with van der Waals surface area (Å²) in [5.74, 6) is -0.439. The van der Waals surface area contributed by atoms with Crippen LogP contribution >= 0.6 is 0 Å². The number of nitrogens with zero attached hydrogens (tertiary/aromatic N) is 5. The largest absolute Gasteiger partial charge is 0.478 e. The van der Waals surface area contributed by atoms with Gasteiger partial charge >= 0.3 is 5.97 Å². The van der Waals surface area contributed by atoms with Crippen molar-refractivity contribution in [3.05, 3.63) is 41.3 Å². The first-order valence-corrected chi connectivity index (χ1v) is 5.95. The van der Waals surface area contributed by atoms with Gasteiger partial charge in [-0.15, -0.1) is 10.2 Å². The number of rotatable bonds is 2. The van der Waals surface area contributed by atoms with Crippen molar-refractivity contribution in [1.29, 1.82) is 0 Å². The fourth-order valence-corrected chi connectivity index (χ4v) is 1.98. The van der Waals surface area contributed by atoms with Crippen molar-refractivity contribution >= 4 is 11.6 Å². The fourth-order valence-electron chi connectivity index (χ4n) is 1.98. The molecule has 0 aromatic carbocycles. The summed E-state index contributed by atoms with van der Waals surface area (Å²) in [5, 5.41) is 25.2. The lowest BCUT2D eigenvalue weighted by Crippen LogP contribution is -2.01. The Balaban J connectivity index is 2.28. The monoisotopic (exact) mass is 269 g/mol. The molecule has 0 fully saturated rings. The maximum absolute atomic E-state index is 11.1. The van der Waals surface area contributed by atoms with Gasteiger partial charge in [-0.1, -0.05) is 0 Å². The van der Waals surface area contributed by atoms with Gasteiger partial charge in [0, 0.05) is 11.8 Å². The van der Waals surface area contributed by atoms with E-state index in [2.05, 4.69) is 20.4 Å². The molecule has 3 heterocycles. The average Bonchev–Trinajstić information content (AvgIpc) is 2.84.